The molecule has 5 nitrogen and oxygen atoms in total. The molecule has 6 heteroatoms. The van der Waals surface area contributed by atoms with Gasteiger partial charge in [-0.2, -0.15) is 0 Å². The predicted molar refractivity (Wildman–Crippen MR) is 98.8 cm³/mol. The molecular formula is C20H19BrN2O3. The molecule has 2 saturated carbocycles. The van der Waals surface area contributed by atoms with Gasteiger partial charge in [-0.05, 0) is 61.3 Å². The van der Waals surface area contributed by atoms with E-state index in [1.165, 1.54) is 4.90 Å². The van der Waals surface area contributed by atoms with Crippen molar-refractivity contribution in [1.82, 2.24) is 4.90 Å². The summed E-state index contributed by atoms with van der Waals surface area (Å²) < 4.78 is 0.916. The first kappa shape index (κ1) is 16.2. The van der Waals surface area contributed by atoms with Crippen LogP contribution in [0.15, 0.2) is 40.9 Å². The Morgan fingerprint density at radius 2 is 1.62 bits per heavy atom. The summed E-state index contributed by atoms with van der Waals surface area (Å²) >= 11 is 3.35. The number of hydrogen-bond donors (Lipinski definition) is 1. The highest BCUT2D eigenvalue weighted by Crippen LogP contribution is 2.65. The molecule has 0 radical (unpaired) electrons. The molecule has 3 fully saturated rings. The summed E-state index contributed by atoms with van der Waals surface area (Å²) in [6, 6.07) is 6.41. The van der Waals surface area contributed by atoms with Gasteiger partial charge in [0.2, 0.25) is 17.7 Å². The Hall–Kier alpha value is -1.95. The van der Waals surface area contributed by atoms with Gasteiger partial charge in [-0.15, -0.1) is 0 Å². The molecule has 2 bridgehead atoms. The molecule has 26 heavy (non-hydrogen) atoms. The topological polar surface area (TPSA) is 66.5 Å². The minimum Gasteiger partial charge on any atom is -0.324 e. The van der Waals surface area contributed by atoms with Gasteiger partial charge in [0, 0.05) is 10.2 Å². The van der Waals surface area contributed by atoms with Crippen molar-refractivity contribution in [3.63, 3.8) is 0 Å². The van der Waals surface area contributed by atoms with Crippen LogP contribution >= 0.6 is 15.9 Å². The van der Waals surface area contributed by atoms with Crippen LogP contribution in [-0.2, 0) is 14.4 Å². The van der Waals surface area contributed by atoms with Gasteiger partial charge in [-0.25, -0.2) is 0 Å². The molecule has 1 saturated heterocycles. The molecule has 0 spiro atoms. The smallest absolute Gasteiger partial charge is 0.247 e. The number of amides is 3. The Morgan fingerprint density at radius 1 is 1.08 bits per heavy atom. The highest BCUT2D eigenvalue weighted by atomic mass is 79.9. The maximum atomic E-state index is 13.0. The molecular weight excluding hydrogens is 396 g/mol. The second-order valence-electron chi connectivity index (χ2n) is 7.87. The summed E-state index contributed by atoms with van der Waals surface area (Å²) in [5, 5.41) is 2.80. The molecule has 5 aliphatic rings. The quantitative estimate of drug-likeness (QED) is 0.610. The van der Waals surface area contributed by atoms with E-state index in [0.717, 1.165) is 10.9 Å². The Kier molecular flexibility index (Phi) is 3.45. The van der Waals surface area contributed by atoms with Crippen molar-refractivity contribution in [2.45, 2.75) is 19.4 Å². The number of benzene rings is 1. The average molecular weight is 415 g/mol. The van der Waals surface area contributed by atoms with Crippen molar-refractivity contribution < 1.29 is 14.4 Å². The van der Waals surface area contributed by atoms with E-state index < -0.39 is 6.04 Å². The molecule has 0 unspecified atom stereocenters. The first-order chi connectivity index (χ1) is 12.5. The minimum atomic E-state index is -0.806. The number of anilines is 1. The van der Waals surface area contributed by atoms with Crippen molar-refractivity contribution in [3.8, 4) is 0 Å². The highest BCUT2D eigenvalue weighted by molar-refractivity contribution is 9.10. The zero-order valence-corrected chi connectivity index (χ0v) is 15.8. The number of imide groups is 1. The van der Waals surface area contributed by atoms with E-state index in [2.05, 4.69) is 33.4 Å². The van der Waals surface area contributed by atoms with E-state index >= 15 is 0 Å². The highest BCUT2D eigenvalue weighted by Gasteiger charge is 2.67. The van der Waals surface area contributed by atoms with Crippen LogP contribution in [0.5, 0.6) is 0 Å². The third-order valence-corrected chi connectivity index (χ3v) is 7.10. The van der Waals surface area contributed by atoms with Crippen LogP contribution in [0.1, 0.15) is 13.3 Å². The molecule has 6 rings (SSSR count). The zero-order valence-electron chi connectivity index (χ0n) is 14.3. The third kappa shape index (κ3) is 2.17. The van der Waals surface area contributed by atoms with Crippen LogP contribution in [0, 0.1) is 35.5 Å². The van der Waals surface area contributed by atoms with E-state index in [9.17, 15) is 14.4 Å². The molecule has 0 aromatic heterocycles. The first-order valence-electron chi connectivity index (χ1n) is 9.09. The fourth-order valence-electron chi connectivity index (χ4n) is 5.26. The standard InChI is InChI=1S/C20H19BrN2O3/c1-9(18(24)22-11-4-2-10(21)3-5-11)23-19(25)16-12-6-7-13(15-8-14(12)15)17(16)20(23)26/h2-7,9,12-17H,8H2,1H3,(H,22,24)/t9-,12+,13+,14-,15+,16-,17-/m1/s1. The number of nitrogens with one attached hydrogen (secondary N) is 1. The lowest BCUT2D eigenvalue weighted by Crippen LogP contribution is -2.46. The predicted octanol–water partition coefficient (Wildman–Crippen LogP) is 2.83. The number of rotatable bonds is 3. The number of hydrogen-bond acceptors (Lipinski definition) is 3. The van der Waals surface area contributed by atoms with E-state index in [4.69, 9.17) is 0 Å². The first-order valence-corrected chi connectivity index (χ1v) is 9.88. The van der Waals surface area contributed by atoms with Crippen LogP contribution in [0.4, 0.5) is 5.69 Å². The largest absolute Gasteiger partial charge is 0.324 e. The molecule has 4 aliphatic carbocycles. The van der Waals surface area contributed by atoms with E-state index in [-0.39, 0.29) is 41.4 Å². The van der Waals surface area contributed by atoms with Crippen LogP contribution in [-0.4, -0.2) is 28.7 Å². The third-order valence-electron chi connectivity index (χ3n) is 6.58. The Balaban J connectivity index is 1.37. The second kappa shape index (κ2) is 5.52. The number of nitrogens with zero attached hydrogens (tertiary/aromatic N) is 1. The van der Waals surface area contributed by atoms with Gasteiger partial charge in [-0.3, -0.25) is 19.3 Å². The van der Waals surface area contributed by atoms with Gasteiger partial charge in [-0.1, -0.05) is 28.1 Å². The fraction of sp³-hybridized carbons (Fsp3) is 0.450. The normalized spacial score (nSPS) is 37.4. The number of carbonyl (C=O) groups is 3. The van der Waals surface area contributed by atoms with E-state index in [1.54, 1.807) is 19.1 Å². The molecule has 1 aromatic rings. The molecule has 1 aromatic carbocycles. The van der Waals surface area contributed by atoms with Crippen molar-refractivity contribution >= 4 is 39.3 Å². The van der Waals surface area contributed by atoms with Crippen molar-refractivity contribution in [2.24, 2.45) is 35.5 Å². The number of halogens is 1. The number of likely N-dealkylation sites (tertiary alicyclic amines) is 1. The fourth-order valence-corrected chi connectivity index (χ4v) is 5.52. The molecule has 1 heterocycles. The van der Waals surface area contributed by atoms with Gasteiger partial charge in [0.15, 0.2) is 0 Å². The second-order valence-corrected chi connectivity index (χ2v) is 8.79. The Morgan fingerprint density at radius 3 is 2.15 bits per heavy atom. The van der Waals surface area contributed by atoms with Gasteiger partial charge in [0.1, 0.15) is 6.04 Å². The van der Waals surface area contributed by atoms with Crippen molar-refractivity contribution in [2.75, 3.05) is 5.32 Å². The number of allylic oxidation sites excluding steroid dienone is 2. The lowest BCUT2D eigenvalue weighted by molar-refractivity contribution is -0.146. The van der Waals surface area contributed by atoms with Crippen LogP contribution in [0.3, 0.4) is 0 Å². The monoisotopic (exact) mass is 414 g/mol. The molecule has 1 aliphatic heterocycles. The molecule has 1 N–H and O–H groups in total. The lowest BCUT2D eigenvalue weighted by atomic mass is 9.63. The molecule has 7 atom stereocenters. The molecule has 134 valence electrons. The summed E-state index contributed by atoms with van der Waals surface area (Å²) in [6.07, 6.45) is 5.41. The van der Waals surface area contributed by atoms with Crippen molar-refractivity contribution in [3.05, 3.63) is 40.9 Å². The average Bonchev–Trinajstić information content (AvgIpc) is 3.41. The SMILES string of the molecule is C[C@H](C(=O)Nc1ccc(Br)cc1)N1C(=O)[C@@H]2[C@H]3C=C[C@@H]([C@@H]4C[C@H]34)[C@H]2C1=O. The lowest BCUT2D eigenvalue weighted by Gasteiger charge is -2.37. The zero-order chi connectivity index (χ0) is 18.2. The minimum absolute atomic E-state index is 0.164. The summed E-state index contributed by atoms with van der Waals surface area (Å²) in [7, 11) is 0. The van der Waals surface area contributed by atoms with Gasteiger partial charge >= 0.3 is 0 Å². The van der Waals surface area contributed by atoms with Crippen LogP contribution < -0.4 is 5.32 Å². The maximum Gasteiger partial charge on any atom is 0.247 e. The van der Waals surface area contributed by atoms with Crippen LogP contribution in [0.25, 0.3) is 0 Å². The summed E-state index contributed by atoms with van der Waals surface area (Å²) in [4.78, 5) is 39.9. The Bertz CT molecular complexity index is 813. The van der Waals surface area contributed by atoms with Gasteiger partial charge in [0.05, 0.1) is 11.8 Å². The maximum absolute atomic E-state index is 13.0. The van der Waals surface area contributed by atoms with Gasteiger partial charge in [0.25, 0.3) is 0 Å². The van der Waals surface area contributed by atoms with E-state index in [0.29, 0.717) is 17.5 Å². The van der Waals surface area contributed by atoms with E-state index in [1.807, 2.05) is 12.1 Å². The van der Waals surface area contributed by atoms with Crippen molar-refractivity contribution in [1.29, 1.82) is 0 Å². The summed E-state index contributed by atoms with van der Waals surface area (Å²) in [5.41, 5.74) is 0.643. The van der Waals surface area contributed by atoms with Crippen LogP contribution in [0.2, 0.25) is 0 Å². The summed E-state index contributed by atoms with van der Waals surface area (Å²) in [5.74, 6) is 0.305. The molecule has 3 amide bonds. The Labute approximate surface area is 159 Å². The number of carbonyl (C=O) groups excluding carboxylic acids is 3. The van der Waals surface area contributed by atoms with Gasteiger partial charge < -0.3 is 5.32 Å². The summed E-state index contributed by atoms with van der Waals surface area (Å²) in [6.45, 7) is 1.64.